The molecule has 1 fully saturated rings. The highest BCUT2D eigenvalue weighted by molar-refractivity contribution is 6.03. The second-order valence-corrected chi connectivity index (χ2v) is 7.95. The number of hydrazone groups is 1. The molecule has 5 rings (SSSR count). The maximum atomic E-state index is 13.1. The van der Waals surface area contributed by atoms with Gasteiger partial charge < -0.3 is 20.1 Å². The van der Waals surface area contributed by atoms with Crippen LogP contribution in [0.1, 0.15) is 13.1 Å². The lowest BCUT2D eigenvalue weighted by Gasteiger charge is -2.28. The molecule has 9 nitrogen and oxygen atoms in total. The van der Waals surface area contributed by atoms with Crippen LogP contribution < -0.4 is 15.5 Å². The predicted octanol–water partition coefficient (Wildman–Crippen LogP) is 1.97. The average Bonchev–Trinajstić information content (AvgIpc) is 3.23. The Kier molecular flexibility index (Phi) is 5.25. The minimum Gasteiger partial charge on any atom is -0.368 e. The maximum Gasteiger partial charge on any atom is 0.238 e. The maximum absolute atomic E-state index is 13.1. The van der Waals surface area contributed by atoms with Gasteiger partial charge in [0, 0.05) is 69.2 Å². The zero-order chi connectivity index (χ0) is 21.2. The minimum atomic E-state index is -0.494. The molecule has 4 aliphatic heterocycles. The lowest BCUT2D eigenvalue weighted by atomic mass is 10.1. The third-order valence-corrected chi connectivity index (χ3v) is 5.65. The van der Waals surface area contributed by atoms with E-state index in [1.54, 1.807) is 23.5 Å². The molecule has 1 aromatic heterocycles. The highest BCUT2D eigenvalue weighted by Crippen LogP contribution is 2.30. The number of hydrogen-bond acceptors (Lipinski definition) is 7. The summed E-state index contributed by atoms with van der Waals surface area (Å²) in [7, 11) is 0. The molecule has 9 heteroatoms. The van der Waals surface area contributed by atoms with Crippen LogP contribution in [0.5, 0.6) is 0 Å². The lowest BCUT2D eigenvalue weighted by Crippen LogP contribution is -2.43. The van der Waals surface area contributed by atoms with E-state index in [1.807, 2.05) is 29.1 Å². The Balaban J connectivity index is 1.40. The second kappa shape index (κ2) is 8.35. The van der Waals surface area contributed by atoms with Gasteiger partial charge in [-0.15, -0.1) is 0 Å². The molecule has 160 valence electrons. The van der Waals surface area contributed by atoms with Gasteiger partial charge in [0.2, 0.25) is 5.91 Å². The van der Waals surface area contributed by atoms with E-state index in [1.165, 1.54) is 0 Å². The number of hydrogen-bond donors (Lipinski definition) is 2. The van der Waals surface area contributed by atoms with Gasteiger partial charge in [-0.1, -0.05) is 13.0 Å². The Morgan fingerprint density at radius 1 is 1.23 bits per heavy atom. The van der Waals surface area contributed by atoms with Gasteiger partial charge in [-0.3, -0.25) is 9.79 Å². The van der Waals surface area contributed by atoms with Crippen molar-refractivity contribution in [2.75, 3.05) is 36.4 Å². The van der Waals surface area contributed by atoms with Crippen molar-refractivity contribution in [2.24, 2.45) is 26.9 Å². The first-order valence-corrected chi connectivity index (χ1v) is 10.6. The van der Waals surface area contributed by atoms with Crippen LogP contribution >= 0.6 is 0 Å². The summed E-state index contributed by atoms with van der Waals surface area (Å²) in [6.07, 6.45) is 16.8. The van der Waals surface area contributed by atoms with E-state index >= 15 is 0 Å². The highest BCUT2D eigenvalue weighted by atomic mass is 16.2. The SMILES string of the molecule is CC1C=CC(n2cc(N3CCNCC3)cc2NC(=O)C2C=NN3C=CC=NC3=C2)N=C1. The first-order chi connectivity index (χ1) is 15.2. The number of dihydropyridines is 1. The fourth-order valence-electron chi connectivity index (χ4n) is 3.93. The molecule has 0 saturated carbocycles. The number of fused-ring (bicyclic) bond motifs is 1. The summed E-state index contributed by atoms with van der Waals surface area (Å²) < 4.78 is 2.02. The summed E-state index contributed by atoms with van der Waals surface area (Å²) >= 11 is 0. The van der Waals surface area contributed by atoms with Crippen LogP contribution in [0.15, 0.2) is 63.7 Å². The Morgan fingerprint density at radius 2 is 2.10 bits per heavy atom. The molecular weight excluding hydrogens is 392 g/mol. The summed E-state index contributed by atoms with van der Waals surface area (Å²) in [6, 6.07) is 2.03. The number of nitrogens with zero attached hydrogens (tertiary/aromatic N) is 6. The fraction of sp³-hybridized carbons (Fsp3) is 0.364. The summed E-state index contributed by atoms with van der Waals surface area (Å²) in [6.45, 7) is 5.86. The second-order valence-electron chi connectivity index (χ2n) is 7.95. The first kappa shape index (κ1) is 19.5. The quantitative estimate of drug-likeness (QED) is 0.732. The fourth-order valence-corrected chi connectivity index (χ4v) is 3.93. The molecule has 4 aliphatic rings. The van der Waals surface area contributed by atoms with Gasteiger partial charge in [-0.05, 0) is 18.2 Å². The predicted molar refractivity (Wildman–Crippen MR) is 124 cm³/mol. The van der Waals surface area contributed by atoms with Crippen LogP contribution in [0.3, 0.4) is 0 Å². The standard InChI is InChI=1S/C22H26N8O/c1-16-3-4-19(25-13-16)29-15-18(28-9-6-23-7-10-28)12-21(29)27-22(31)17-11-20-24-5-2-8-30(20)26-14-17/h2-5,8,11-17,19,23H,6-7,9-10H2,1H3,(H,27,31). The molecule has 1 aromatic rings. The van der Waals surface area contributed by atoms with Crippen LogP contribution in [0.4, 0.5) is 11.5 Å². The molecule has 3 unspecified atom stereocenters. The molecule has 0 aromatic carbocycles. The Morgan fingerprint density at radius 3 is 2.90 bits per heavy atom. The number of aromatic nitrogens is 1. The average molecular weight is 419 g/mol. The summed E-state index contributed by atoms with van der Waals surface area (Å²) in [5.41, 5.74) is 1.09. The van der Waals surface area contributed by atoms with Crippen LogP contribution in [-0.4, -0.2) is 60.3 Å². The van der Waals surface area contributed by atoms with Crippen molar-refractivity contribution in [3.63, 3.8) is 0 Å². The van der Waals surface area contributed by atoms with Crippen molar-refractivity contribution < 1.29 is 4.79 Å². The van der Waals surface area contributed by atoms with E-state index in [9.17, 15) is 4.79 Å². The number of aliphatic imine (C=N–C) groups is 2. The van der Waals surface area contributed by atoms with Crippen LogP contribution in [0.2, 0.25) is 0 Å². The van der Waals surface area contributed by atoms with Gasteiger partial charge in [0.15, 0.2) is 0 Å². The molecule has 0 spiro atoms. The van der Waals surface area contributed by atoms with Gasteiger partial charge >= 0.3 is 0 Å². The molecule has 1 amide bonds. The topological polar surface area (TPSA) is 89.6 Å². The van der Waals surface area contributed by atoms with E-state index in [0.717, 1.165) is 37.7 Å². The largest absolute Gasteiger partial charge is 0.368 e. The first-order valence-electron chi connectivity index (χ1n) is 10.6. The van der Waals surface area contributed by atoms with Crippen LogP contribution in [0, 0.1) is 11.8 Å². The number of nitrogens with one attached hydrogen (secondary N) is 2. The Labute approximate surface area is 181 Å². The molecule has 0 bridgehead atoms. The highest BCUT2D eigenvalue weighted by Gasteiger charge is 2.25. The number of carbonyl (C=O) groups is 1. The van der Waals surface area contributed by atoms with E-state index in [0.29, 0.717) is 11.7 Å². The zero-order valence-electron chi connectivity index (χ0n) is 17.4. The number of amides is 1. The van der Waals surface area contributed by atoms with Crippen molar-refractivity contribution in [2.45, 2.75) is 13.1 Å². The normalized spacial score (nSPS) is 26.7. The van der Waals surface area contributed by atoms with Crippen molar-refractivity contribution in [3.8, 4) is 0 Å². The molecule has 0 aliphatic carbocycles. The third-order valence-electron chi connectivity index (χ3n) is 5.65. The number of allylic oxidation sites excluding steroid dienone is 2. The molecule has 31 heavy (non-hydrogen) atoms. The molecule has 5 heterocycles. The number of rotatable bonds is 4. The van der Waals surface area contributed by atoms with Gasteiger partial charge in [-0.25, -0.2) is 10.0 Å². The monoisotopic (exact) mass is 418 g/mol. The molecule has 0 radical (unpaired) electrons. The van der Waals surface area contributed by atoms with Crippen LogP contribution in [-0.2, 0) is 4.79 Å². The zero-order valence-corrected chi connectivity index (χ0v) is 17.4. The molecule has 2 N–H and O–H groups in total. The van der Waals surface area contributed by atoms with Gasteiger partial charge in [0.1, 0.15) is 17.8 Å². The summed E-state index contributed by atoms with van der Waals surface area (Å²) in [5.74, 6) is 1.04. The lowest BCUT2D eigenvalue weighted by molar-refractivity contribution is -0.117. The summed E-state index contributed by atoms with van der Waals surface area (Å²) in [5, 5.41) is 12.4. The van der Waals surface area contributed by atoms with Crippen molar-refractivity contribution in [1.29, 1.82) is 0 Å². The van der Waals surface area contributed by atoms with Crippen molar-refractivity contribution in [1.82, 2.24) is 14.9 Å². The third kappa shape index (κ3) is 4.09. The number of anilines is 2. The van der Waals surface area contributed by atoms with Gasteiger partial charge in [0.25, 0.3) is 0 Å². The molecule has 1 saturated heterocycles. The Hall–Kier alpha value is -3.46. The van der Waals surface area contributed by atoms with E-state index in [4.69, 9.17) is 0 Å². The number of carbonyl (C=O) groups excluding carboxylic acids is 1. The minimum absolute atomic E-state index is 0.149. The number of piperazine rings is 1. The molecular formula is C22H26N8O. The Bertz CT molecular complexity index is 1010. The van der Waals surface area contributed by atoms with Crippen molar-refractivity contribution >= 4 is 36.1 Å². The smallest absolute Gasteiger partial charge is 0.238 e. The van der Waals surface area contributed by atoms with E-state index in [-0.39, 0.29) is 12.1 Å². The molecule has 3 atom stereocenters. The van der Waals surface area contributed by atoms with Gasteiger partial charge in [-0.2, -0.15) is 5.10 Å². The van der Waals surface area contributed by atoms with E-state index in [2.05, 4.69) is 55.9 Å². The van der Waals surface area contributed by atoms with Crippen molar-refractivity contribution in [3.05, 3.63) is 48.6 Å². The van der Waals surface area contributed by atoms with Gasteiger partial charge in [0.05, 0.1) is 11.6 Å². The van der Waals surface area contributed by atoms with Crippen LogP contribution in [0.25, 0.3) is 0 Å². The van der Waals surface area contributed by atoms with E-state index < -0.39 is 5.92 Å². The summed E-state index contributed by atoms with van der Waals surface area (Å²) in [4.78, 5) is 24.4.